The molecule has 2 aromatic rings. The molecule has 0 spiro atoms. The van der Waals surface area contributed by atoms with Gasteiger partial charge in [0.1, 0.15) is 18.2 Å². The van der Waals surface area contributed by atoms with Gasteiger partial charge >= 0.3 is 0 Å². The smallest absolute Gasteiger partial charge is 0.224 e. The molecule has 0 aliphatic rings. The fourth-order valence-electron chi connectivity index (χ4n) is 1.98. The Morgan fingerprint density at radius 2 is 1.95 bits per heavy atom. The Labute approximate surface area is 134 Å². The quantitative estimate of drug-likeness (QED) is 0.827. The number of benzene rings is 2. The number of hydrogen-bond acceptors (Lipinski definition) is 2. The monoisotopic (exact) mass is 321 g/mol. The van der Waals surface area contributed by atoms with Crippen LogP contribution in [0.5, 0.6) is 5.75 Å². The summed E-state index contributed by atoms with van der Waals surface area (Å²) < 4.78 is 18.4. The summed E-state index contributed by atoms with van der Waals surface area (Å²) in [4.78, 5) is 11.7. The van der Waals surface area contributed by atoms with Gasteiger partial charge in [-0.1, -0.05) is 23.7 Å². The molecule has 116 valence electrons. The van der Waals surface area contributed by atoms with Crippen LogP contribution in [0.3, 0.4) is 0 Å². The normalized spacial score (nSPS) is 10.3. The molecule has 0 saturated carbocycles. The van der Waals surface area contributed by atoms with E-state index in [9.17, 15) is 9.18 Å². The lowest BCUT2D eigenvalue weighted by Gasteiger charge is -2.10. The lowest BCUT2D eigenvalue weighted by atomic mass is 10.1. The van der Waals surface area contributed by atoms with Gasteiger partial charge in [-0.05, 0) is 48.4 Å². The van der Waals surface area contributed by atoms with Crippen LogP contribution in [-0.4, -0.2) is 19.1 Å². The predicted molar refractivity (Wildman–Crippen MR) is 84.8 cm³/mol. The maximum absolute atomic E-state index is 12.8. The number of ether oxygens (including phenoxy) is 1. The number of hydrogen-bond donors (Lipinski definition) is 1. The fraction of sp³-hybridized carbons (Fsp3) is 0.235. The van der Waals surface area contributed by atoms with Crippen molar-refractivity contribution < 1.29 is 13.9 Å². The molecular weight excluding hydrogens is 305 g/mol. The highest BCUT2D eigenvalue weighted by Gasteiger charge is 2.04. The van der Waals surface area contributed by atoms with E-state index in [0.29, 0.717) is 18.2 Å². The third-order valence-corrected chi connectivity index (χ3v) is 3.33. The Morgan fingerprint density at radius 1 is 1.23 bits per heavy atom. The topological polar surface area (TPSA) is 38.3 Å². The zero-order valence-corrected chi connectivity index (χ0v) is 13.0. The molecule has 1 N–H and O–H groups in total. The Hall–Kier alpha value is -2.07. The van der Waals surface area contributed by atoms with Crippen LogP contribution in [0.1, 0.15) is 11.1 Å². The maximum atomic E-state index is 12.8. The molecule has 2 aromatic carbocycles. The SMILES string of the molecule is Cc1cc(Cl)ccc1OCCNC(=O)Cc1ccc(F)cc1. The molecule has 3 nitrogen and oxygen atoms in total. The van der Waals surface area contributed by atoms with Gasteiger partial charge in [-0.2, -0.15) is 0 Å². The molecule has 0 heterocycles. The van der Waals surface area contributed by atoms with E-state index < -0.39 is 0 Å². The summed E-state index contributed by atoms with van der Waals surface area (Å²) in [6, 6.07) is 11.3. The number of carbonyl (C=O) groups is 1. The van der Waals surface area contributed by atoms with E-state index in [-0.39, 0.29) is 18.1 Å². The average molecular weight is 322 g/mol. The van der Waals surface area contributed by atoms with Gasteiger partial charge in [0.2, 0.25) is 5.91 Å². The average Bonchev–Trinajstić information content (AvgIpc) is 2.48. The molecule has 22 heavy (non-hydrogen) atoms. The van der Waals surface area contributed by atoms with Gasteiger partial charge in [-0.25, -0.2) is 4.39 Å². The lowest BCUT2D eigenvalue weighted by molar-refractivity contribution is -0.120. The van der Waals surface area contributed by atoms with Crippen molar-refractivity contribution in [3.8, 4) is 5.75 Å². The fourth-order valence-corrected chi connectivity index (χ4v) is 2.20. The number of amides is 1. The van der Waals surface area contributed by atoms with Crippen LogP contribution >= 0.6 is 11.6 Å². The van der Waals surface area contributed by atoms with Gasteiger partial charge in [0, 0.05) is 5.02 Å². The highest BCUT2D eigenvalue weighted by Crippen LogP contribution is 2.21. The van der Waals surface area contributed by atoms with E-state index in [2.05, 4.69) is 5.32 Å². The first-order valence-corrected chi connectivity index (χ1v) is 7.32. The first-order chi connectivity index (χ1) is 10.5. The molecular formula is C17H17ClFNO2. The van der Waals surface area contributed by atoms with Crippen LogP contribution in [0.2, 0.25) is 5.02 Å². The molecule has 0 aliphatic carbocycles. The van der Waals surface area contributed by atoms with Crippen LogP contribution in [0.15, 0.2) is 42.5 Å². The van der Waals surface area contributed by atoms with Crippen LogP contribution in [0, 0.1) is 12.7 Å². The second-order valence-electron chi connectivity index (χ2n) is 4.91. The van der Waals surface area contributed by atoms with Gasteiger partial charge in [0.05, 0.1) is 13.0 Å². The summed E-state index contributed by atoms with van der Waals surface area (Å²) in [6.07, 6.45) is 0.222. The molecule has 2 rings (SSSR count). The van der Waals surface area contributed by atoms with Crippen LogP contribution in [0.25, 0.3) is 0 Å². The Kier molecular flexibility index (Phi) is 5.78. The zero-order chi connectivity index (χ0) is 15.9. The molecule has 0 aromatic heterocycles. The largest absolute Gasteiger partial charge is 0.491 e. The van der Waals surface area contributed by atoms with Crippen molar-refractivity contribution >= 4 is 17.5 Å². The van der Waals surface area contributed by atoms with Crippen molar-refractivity contribution in [1.82, 2.24) is 5.32 Å². The molecule has 0 atom stereocenters. The van der Waals surface area contributed by atoms with Crippen molar-refractivity contribution in [2.75, 3.05) is 13.2 Å². The summed E-state index contributed by atoms with van der Waals surface area (Å²) in [5.74, 6) is 0.316. The zero-order valence-electron chi connectivity index (χ0n) is 12.2. The molecule has 0 unspecified atom stereocenters. The van der Waals surface area contributed by atoms with Gasteiger partial charge in [-0.3, -0.25) is 4.79 Å². The number of carbonyl (C=O) groups excluding carboxylic acids is 1. The van der Waals surface area contributed by atoms with E-state index in [1.807, 2.05) is 13.0 Å². The first-order valence-electron chi connectivity index (χ1n) is 6.94. The summed E-state index contributed by atoms with van der Waals surface area (Å²) in [6.45, 7) is 2.69. The minimum Gasteiger partial charge on any atom is -0.491 e. The van der Waals surface area contributed by atoms with E-state index >= 15 is 0 Å². The van der Waals surface area contributed by atoms with E-state index in [1.165, 1.54) is 12.1 Å². The predicted octanol–water partition coefficient (Wildman–Crippen LogP) is 3.53. The van der Waals surface area contributed by atoms with Crippen LogP contribution in [-0.2, 0) is 11.2 Å². The third kappa shape index (κ3) is 5.04. The molecule has 0 bridgehead atoms. The highest BCUT2D eigenvalue weighted by molar-refractivity contribution is 6.30. The van der Waals surface area contributed by atoms with Gasteiger partial charge in [0.15, 0.2) is 0 Å². The second-order valence-corrected chi connectivity index (χ2v) is 5.35. The van der Waals surface area contributed by atoms with E-state index in [0.717, 1.165) is 16.9 Å². The summed E-state index contributed by atoms with van der Waals surface area (Å²) >= 11 is 5.87. The maximum Gasteiger partial charge on any atom is 0.224 e. The van der Waals surface area contributed by atoms with E-state index in [4.69, 9.17) is 16.3 Å². The van der Waals surface area contributed by atoms with Gasteiger partial charge in [-0.15, -0.1) is 0 Å². The lowest BCUT2D eigenvalue weighted by Crippen LogP contribution is -2.29. The molecule has 0 fully saturated rings. The van der Waals surface area contributed by atoms with Crippen molar-refractivity contribution in [3.63, 3.8) is 0 Å². The van der Waals surface area contributed by atoms with Crippen molar-refractivity contribution in [1.29, 1.82) is 0 Å². The molecule has 0 saturated heterocycles. The summed E-state index contributed by atoms with van der Waals surface area (Å²) in [5, 5.41) is 3.43. The highest BCUT2D eigenvalue weighted by atomic mass is 35.5. The number of halogens is 2. The Balaban J connectivity index is 1.72. The molecule has 1 amide bonds. The molecule has 0 aliphatic heterocycles. The van der Waals surface area contributed by atoms with E-state index in [1.54, 1.807) is 24.3 Å². The van der Waals surface area contributed by atoms with Crippen molar-refractivity contribution in [3.05, 3.63) is 64.4 Å². The van der Waals surface area contributed by atoms with Crippen molar-refractivity contribution in [2.45, 2.75) is 13.3 Å². The number of rotatable bonds is 6. The Morgan fingerprint density at radius 3 is 2.64 bits per heavy atom. The minimum atomic E-state index is -0.309. The second kappa shape index (κ2) is 7.80. The number of nitrogens with one attached hydrogen (secondary N) is 1. The molecule has 0 radical (unpaired) electrons. The van der Waals surface area contributed by atoms with Crippen LogP contribution < -0.4 is 10.1 Å². The standard InChI is InChI=1S/C17H17ClFNO2/c1-12-10-14(18)4-7-16(12)22-9-8-20-17(21)11-13-2-5-15(19)6-3-13/h2-7,10H,8-9,11H2,1H3,(H,20,21). The summed E-state index contributed by atoms with van der Waals surface area (Å²) in [5.41, 5.74) is 1.72. The minimum absolute atomic E-state index is 0.122. The van der Waals surface area contributed by atoms with Gasteiger partial charge in [0.25, 0.3) is 0 Å². The number of aryl methyl sites for hydroxylation is 1. The third-order valence-electron chi connectivity index (χ3n) is 3.10. The first kappa shape index (κ1) is 16.3. The summed E-state index contributed by atoms with van der Waals surface area (Å²) in [7, 11) is 0. The Bertz CT molecular complexity index is 644. The van der Waals surface area contributed by atoms with Gasteiger partial charge < -0.3 is 10.1 Å². The van der Waals surface area contributed by atoms with Crippen LogP contribution in [0.4, 0.5) is 4.39 Å². The molecule has 5 heteroatoms. The van der Waals surface area contributed by atoms with Crippen molar-refractivity contribution in [2.24, 2.45) is 0 Å².